The van der Waals surface area contributed by atoms with Crippen molar-refractivity contribution in [3.8, 4) is 5.75 Å². The number of nitrogens with one attached hydrogen (secondary N) is 1. The zero-order valence-corrected chi connectivity index (χ0v) is 18.8. The second-order valence-corrected chi connectivity index (χ2v) is 8.36. The van der Waals surface area contributed by atoms with Crippen LogP contribution in [-0.4, -0.2) is 51.9 Å². The number of methoxy groups -OCH3 is 1. The summed E-state index contributed by atoms with van der Waals surface area (Å²) >= 11 is 5.82. The number of hydrogen-bond donors (Lipinski definition) is 1. The molecule has 1 aliphatic heterocycles. The standard InChI is InChI=1S/C23H23ClFN5O3/c1-33-18-5-2-15(3-6-18)13-30-14-21(27-28-30)23(32)26-10-17-9-22(31)29(12-17)11-16-4-7-20(25)19(24)8-16/h2-8,14,17H,9-13H2,1H3,(H,26,32). The number of amides is 2. The van der Waals surface area contributed by atoms with Gasteiger partial charge in [-0.15, -0.1) is 5.10 Å². The Kier molecular flexibility index (Phi) is 6.88. The fourth-order valence-corrected chi connectivity index (χ4v) is 3.93. The Morgan fingerprint density at radius 3 is 2.70 bits per heavy atom. The summed E-state index contributed by atoms with van der Waals surface area (Å²) in [5.41, 5.74) is 1.97. The average Bonchev–Trinajstić information content (AvgIpc) is 3.42. The van der Waals surface area contributed by atoms with Gasteiger partial charge in [0.25, 0.3) is 5.91 Å². The fraction of sp³-hybridized carbons (Fsp3) is 0.304. The Bertz CT molecular complexity index is 1150. The van der Waals surface area contributed by atoms with E-state index in [0.29, 0.717) is 32.6 Å². The molecule has 0 radical (unpaired) electrons. The van der Waals surface area contributed by atoms with Crippen molar-refractivity contribution in [3.05, 3.63) is 76.3 Å². The van der Waals surface area contributed by atoms with E-state index in [-0.39, 0.29) is 28.4 Å². The number of carbonyl (C=O) groups excluding carboxylic acids is 2. The highest BCUT2D eigenvalue weighted by Gasteiger charge is 2.30. The molecule has 8 nitrogen and oxygen atoms in total. The minimum absolute atomic E-state index is 0.0138. The highest BCUT2D eigenvalue weighted by atomic mass is 35.5. The summed E-state index contributed by atoms with van der Waals surface area (Å²) in [5.74, 6) is -0.100. The lowest BCUT2D eigenvalue weighted by molar-refractivity contribution is -0.128. The van der Waals surface area contributed by atoms with Crippen molar-refractivity contribution in [3.63, 3.8) is 0 Å². The Balaban J connectivity index is 1.27. The Labute approximate surface area is 195 Å². The minimum atomic E-state index is -0.491. The lowest BCUT2D eigenvalue weighted by Gasteiger charge is -2.17. The summed E-state index contributed by atoms with van der Waals surface area (Å²) in [6, 6.07) is 12.0. The summed E-state index contributed by atoms with van der Waals surface area (Å²) < 4.78 is 20.1. The zero-order valence-electron chi connectivity index (χ0n) is 18.0. The van der Waals surface area contributed by atoms with E-state index in [1.807, 2.05) is 24.3 Å². The van der Waals surface area contributed by atoms with Crippen molar-refractivity contribution in [1.29, 1.82) is 0 Å². The van der Waals surface area contributed by atoms with Crippen LogP contribution in [0.1, 0.15) is 28.0 Å². The third-order valence-corrected chi connectivity index (χ3v) is 5.77. The predicted molar refractivity (Wildman–Crippen MR) is 119 cm³/mol. The molecule has 2 heterocycles. The van der Waals surface area contributed by atoms with Gasteiger partial charge in [-0.2, -0.15) is 0 Å². The normalized spacial score (nSPS) is 15.7. The molecule has 1 N–H and O–H groups in total. The highest BCUT2D eigenvalue weighted by Crippen LogP contribution is 2.22. The highest BCUT2D eigenvalue weighted by molar-refractivity contribution is 6.30. The lowest BCUT2D eigenvalue weighted by Crippen LogP contribution is -2.31. The molecule has 1 unspecified atom stereocenters. The molecular formula is C23H23ClFN5O3. The van der Waals surface area contributed by atoms with Crippen LogP contribution < -0.4 is 10.1 Å². The molecule has 1 aromatic heterocycles. The van der Waals surface area contributed by atoms with E-state index in [9.17, 15) is 14.0 Å². The van der Waals surface area contributed by atoms with Gasteiger partial charge in [-0.1, -0.05) is 35.0 Å². The zero-order chi connectivity index (χ0) is 23.4. The van der Waals surface area contributed by atoms with Crippen molar-refractivity contribution < 1.29 is 18.7 Å². The molecule has 2 amide bonds. The first-order chi connectivity index (χ1) is 15.9. The van der Waals surface area contributed by atoms with E-state index >= 15 is 0 Å². The van der Waals surface area contributed by atoms with E-state index in [4.69, 9.17) is 16.3 Å². The van der Waals surface area contributed by atoms with E-state index < -0.39 is 5.82 Å². The number of hydrogen-bond acceptors (Lipinski definition) is 5. The molecule has 1 aliphatic rings. The number of likely N-dealkylation sites (tertiary alicyclic amines) is 1. The van der Waals surface area contributed by atoms with Crippen LogP contribution in [0.25, 0.3) is 0 Å². The second-order valence-electron chi connectivity index (χ2n) is 7.95. The number of ether oxygens (including phenoxy) is 1. The average molecular weight is 472 g/mol. The molecule has 3 aromatic rings. The fourth-order valence-electron chi connectivity index (χ4n) is 3.73. The SMILES string of the molecule is COc1ccc(Cn2cc(C(=O)NCC3CC(=O)N(Cc4ccc(F)c(Cl)c4)C3)nn2)cc1. The number of aromatic nitrogens is 3. The third kappa shape index (κ3) is 5.67. The molecule has 172 valence electrons. The van der Waals surface area contributed by atoms with Crippen molar-refractivity contribution in [1.82, 2.24) is 25.2 Å². The number of nitrogens with zero attached hydrogens (tertiary/aromatic N) is 4. The van der Waals surface area contributed by atoms with Gasteiger partial charge in [0.2, 0.25) is 5.91 Å². The summed E-state index contributed by atoms with van der Waals surface area (Å²) in [5, 5.41) is 10.8. The molecule has 4 rings (SSSR count). The maximum absolute atomic E-state index is 13.3. The Morgan fingerprint density at radius 1 is 1.21 bits per heavy atom. The van der Waals surface area contributed by atoms with Crippen LogP contribution in [-0.2, 0) is 17.9 Å². The topological polar surface area (TPSA) is 89.4 Å². The van der Waals surface area contributed by atoms with Gasteiger partial charge in [-0.25, -0.2) is 9.07 Å². The van der Waals surface area contributed by atoms with Gasteiger partial charge in [-0.05, 0) is 35.4 Å². The Morgan fingerprint density at radius 2 is 1.97 bits per heavy atom. The monoisotopic (exact) mass is 471 g/mol. The predicted octanol–water partition coefficient (Wildman–Crippen LogP) is 2.91. The molecule has 33 heavy (non-hydrogen) atoms. The van der Waals surface area contributed by atoms with Crippen LogP contribution in [0.15, 0.2) is 48.7 Å². The maximum Gasteiger partial charge on any atom is 0.273 e. The number of rotatable bonds is 8. The van der Waals surface area contributed by atoms with Gasteiger partial charge in [0.05, 0.1) is 24.9 Å². The molecule has 0 aliphatic carbocycles. The van der Waals surface area contributed by atoms with Gasteiger partial charge in [0.1, 0.15) is 11.6 Å². The van der Waals surface area contributed by atoms with Crippen LogP contribution in [0.3, 0.4) is 0 Å². The molecular weight excluding hydrogens is 449 g/mol. The maximum atomic E-state index is 13.3. The second kappa shape index (κ2) is 9.99. The summed E-state index contributed by atoms with van der Waals surface area (Å²) in [6.07, 6.45) is 1.92. The van der Waals surface area contributed by atoms with E-state index in [1.54, 1.807) is 29.0 Å². The quantitative estimate of drug-likeness (QED) is 0.545. The first kappa shape index (κ1) is 22.7. The first-order valence-corrected chi connectivity index (χ1v) is 10.8. The minimum Gasteiger partial charge on any atom is -0.497 e. The van der Waals surface area contributed by atoms with Gasteiger partial charge in [0, 0.05) is 32.0 Å². The molecule has 1 atom stereocenters. The summed E-state index contributed by atoms with van der Waals surface area (Å²) in [7, 11) is 1.61. The third-order valence-electron chi connectivity index (χ3n) is 5.48. The van der Waals surface area contributed by atoms with Crippen molar-refractivity contribution in [2.24, 2.45) is 5.92 Å². The summed E-state index contributed by atoms with van der Waals surface area (Å²) in [6.45, 7) is 1.67. The molecule has 1 saturated heterocycles. The summed E-state index contributed by atoms with van der Waals surface area (Å²) in [4.78, 5) is 26.5. The van der Waals surface area contributed by atoms with Crippen molar-refractivity contribution in [2.45, 2.75) is 19.5 Å². The smallest absolute Gasteiger partial charge is 0.273 e. The molecule has 10 heteroatoms. The first-order valence-electron chi connectivity index (χ1n) is 10.4. The van der Waals surface area contributed by atoms with Crippen LogP contribution in [0, 0.1) is 11.7 Å². The molecule has 0 bridgehead atoms. The van der Waals surface area contributed by atoms with Gasteiger partial charge < -0.3 is 15.0 Å². The van der Waals surface area contributed by atoms with Crippen LogP contribution in [0.2, 0.25) is 5.02 Å². The van der Waals surface area contributed by atoms with Gasteiger partial charge in [0.15, 0.2) is 5.69 Å². The molecule has 1 fully saturated rings. The number of halogens is 2. The molecule has 0 saturated carbocycles. The van der Waals surface area contributed by atoms with Gasteiger partial charge >= 0.3 is 0 Å². The van der Waals surface area contributed by atoms with Crippen molar-refractivity contribution >= 4 is 23.4 Å². The van der Waals surface area contributed by atoms with E-state index in [0.717, 1.165) is 16.9 Å². The van der Waals surface area contributed by atoms with E-state index in [2.05, 4.69) is 15.6 Å². The molecule has 2 aromatic carbocycles. The van der Waals surface area contributed by atoms with Gasteiger partial charge in [-0.3, -0.25) is 9.59 Å². The largest absolute Gasteiger partial charge is 0.497 e. The van der Waals surface area contributed by atoms with Crippen LogP contribution in [0.5, 0.6) is 5.75 Å². The van der Waals surface area contributed by atoms with Crippen molar-refractivity contribution in [2.75, 3.05) is 20.2 Å². The lowest BCUT2D eigenvalue weighted by atomic mass is 10.1. The van der Waals surface area contributed by atoms with Crippen LogP contribution >= 0.6 is 11.6 Å². The van der Waals surface area contributed by atoms with E-state index in [1.165, 1.54) is 12.1 Å². The van der Waals surface area contributed by atoms with Crippen LogP contribution in [0.4, 0.5) is 4.39 Å². The number of carbonyl (C=O) groups is 2. The molecule has 0 spiro atoms. The number of benzene rings is 2. The Hall–Kier alpha value is -3.46.